The van der Waals surface area contributed by atoms with Crippen LogP contribution in [0.1, 0.15) is 22.8 Å². The van der Waals surface area contributed by atoms with Crippen molar-refractivity contribution in [3.8, 4) is 11.8 Å². The van der Waals surface area contributed by atoms with Crippen LogP contribution in [0.25, 0.3) is 0 Å². The minimum Gasteiger partial charge on any atom is -0.484 e. The minimum absolute atomic E-state index is 0.163. The fraction of sp³-hybridized carbons (Fsp3) is 0.214. The smallest absolute Gasteiger partial charge is 0.137 e. The van der Waals surface area contributed by atoms with Gasteiger partial charge in [0.05, 0.1) is 11.6 Å². The predicted octanol–water partition coefficient (Wildman–Crippen LogP) is 3.01. The Morgan fingerprint density at radius 2 is 2.28 bits per heavy atom. The van der Waals surface area contributed by atoms with E-state index in [1.165, 1.54) is 0 Å². The molecule has 1 aromatic heterocycles. The number of thiophene rings is 1. The second-order valence-corrected chi connectivity index (χ2v) is 4.77. The Hall–Kier alpha value is -1.83. The van der Waals surface area contributed by atoms with E-state index in [-0.39, 0.29) is 6.10 Å². The standard InChI is InChI=1S/C14H14N2OS/c1-10-2-3-11(7-15)6-13(10)17-14(8-16)12-4-5-18-9-12/h2-6,9,14H,8,16H2,1H3. The van der Waals surface area contributed by atoms with Crippen molar-refractivity contribution < 1.29 is 4.74 Å². The number of benzene rings is 1. The molecule has 1 aromatic carbocycles. The lowest BCUT2D eigenvalue weighted by atomic mass is 10.1. The van der Waals surface area contributed by atoms with E-state index in [4.69, 9.17) is 15.7 Å². The van der Waals surface area contributed by atoms with Crippen LogP contribution >= 0.6 is 11.3 Å². The van der Waals surface area contributed by atoms with Gasteiger partial charge in [-0.25, -0.2) is 0 Å². The number of nitrogens with two attached hydrogens (primary N) is 1. The van der Waals surface area contributed by atoms with E-state index in [1.807, 2.05) is 29.8 Å². The Morgan fingerprint density at radius 3 is 2.89 bits per heavy atom. The molecule has 4 heteroatoms. The van der Waals surface area contributed by atoms with Gasteiger partial charge in [0, 0.05) is 12.1 Å². The number of aryl methyl sites for hydroxylation is 1. The maximum Gasteiger partial charge on any atom is 0.137 e. The van der Waals surface area contributed by atoms with Crippen LogP contribution in [-0.4, -0.2) is 6.54 Å². The maximum atomic E-state index is 8.90. The lowest BCUT2D eigenvalue weighted by Crippen LogP contribution is -2.18. The molecular weight excluding hydrogens is 244 g/mol. The largest absolute Gasteiger partial charge is 0.484 e. The van der Waals surface area contributed by atoms with Gasteiger partial charge in [-0.05, 0) is 41.4 Å². The number of nitrogens with zero attached hydrogens (tertiary/aromatic N) is 1. The molecule has 2 rings (SSSR count). The molecule has 0 aliphatic rings. The summed E-state index contributed by atoms with van der Waals surface area (Å²) in [5.41, 5.74) is 8.42. The average molecular weight is 258 g/mol. The Labute approximate surface area is 110 Å². The lowest BCUT2D eigenvalue weighted by Gasteiger charge is -2.18. The summed E-state index contributed by atoms with van der Waals surface area (Å²) < 4.78 is 5.91. The van der Waals surface area contributed by atoms with Gasteiger partial charge in [-0.2, -0.15) is 16.6 Å². The van der Waals surface area contributed by atoms with Crippen molar-refractivity contribution in [1.82, 2.24) is 0 Å². The zero-order chi connectivity index (χ0) is 13.0. The molecule has 0 aliphatic carbocycles. The van der Waals surface area contributed by atoms with Gasteiger partial charge in [-0.1, -0.05) is 6.07 Å². The predicted molar refractivity (Wildman–Crippen MR) is 72.6 cm³/mol. The molecule has 0 spiro atoms. The van der Waals surface area contributed by atoms with E-state index >= 15 is 0 Å². The van der Waals surface area contributed by atoms with E-state index in [1.54, 1.807) is 23.5 Å². The van der Waals surface area contributed by atoms with Gasteiger partial charge in [0.1, 0.15) is 11.9 Å². The van der Waals surface area contributed by atoms with Crippen LogP contribution in [0.5, 0.6) is 5.75 Å². The molecule has 0 fully saturated rings. The van der Waals surface area contributed by atoms with E-state index < -0.39 is 0 Å². The zero-order valence-corrected chi connectivity index (χ0v) is 10.9. The lowest BCUT2D eigenvalue weighted by molar-refractivity contribution is 0.213. The summed E-state index contributed by atoms with van der Waals surface area (Å²) in [6.07, 6.45) is -0.163. The molecular formula is C14H14N2OS. The van der Waals surface area contributed by atoms with Crippen LogP contribution in [0, 0.1) is 18.3 Å². The van der Waals surface area contributed by atoms with Crippen molar-refractivity contribution in [1.29, 1.82) is 5.26 Å². The Morgan fingerprint density at radius 1 is 1.44 bits per heavy atom. The summed E-state index contributed by atoms with van der Waals surface area (Å²) in [6.45, 7) is 2.37. The first-order chi connectivity index (χ1) is 8.74. The Kier molecular flexibility index (Phi) is 3.98. The van der Waals surface area contributed by atoms with Gasteiger partial charge in [0.15, 0.2) is 0 Å². The van der Waals surface area contributed by atoms with Crippen LogP contribution in [0.2, 0.25) is 0 Å². The van der Waals surface area contributed by atoms with Gasteiger partial charge in [-0.15, -0.1) is 0 Å². The molecule has 2 N–H and O–H groups in total. The van der Waals surface area contributed by atoms with Crippen molar-refractivity contribution in [2.24, 2.45) is 5.73 Å². The minimum atomic E-state index is -0.163. The third-order valence-corrected chi connectivity index (χ3v) is 3.42. The van der Waals surface area contributed by atoms with Gasteiger partial charge in [0.2, 0.25) is 0 Å². The fourth-order valence-corrected chi connectivity index (χ4v) is 2.36. The third-order valence-electron chi connectivity index (χ3n) is 2.72. The van der Waals surface area contributed by atoms with Gasteiger partial charge < -0.3 is 10.5 Å². The molecule has 1 unspecified atom stereocenters. The summed E-state index contributed by atoms with van der Waals surface area (Å²) in [5, 5.41) is 12.9. The van der Waals surface area contributed by atoms with Gasteiger partial charge >= 0.3 is 0 Å². The quantitative estimate of drug-likeness (QED) is 0.917. The number of ether oxygens (including phenoxy) is 1. The topological polar surface area (TPSA) is 59.0 Å². The molecule has 2 aromatic rings. The van der Waals surface area contributed by atoms with Crippen molar-refractivity contribution in [2.45, 2.75) is 13.0 Å². The molecule has 1 heterocycles. The van der Waals surface area contributed by atoms with Crippen LogP contribution in [0.3, 0.4) is 0 Å². The number of hydrogen-bond acceptors (Lipinski definition) is 4. The first kappa shape index (κ1) is 12.6. The first-order valence-corrected chi connectivity index (χ1v) is 6.58. The molecule has 18 heavy (non-hydrogen) atoms. The molecule has 0 saturated carbocycles. The molecule has 0 aliphatic heterocycles. The van der Waals surface area contributed by atoms with Crippen molar-refractivity contribution in [2.75, 3.05) is 6.54 Å². The van der Waals surface area contributed by atoms with Crippen molar-refractivity contribution in [3.05, 3.63) is 51.7 Å². The second-order valence-electron chi connectivity index (χ2n) is 3.99. The van der Waals surface area contributed by atoms with E-state index in [2.05, 4.69) is 6.07 Å². The number of nitriles is 1. The zero-order valence-electron chi connectivity index (χ0n) is 10.1. The maximum absolute atomic E-state index is 8.90. The Balaban J connectivity index is 2.25. The molecule has 0 saturated heterocycles. The fourth-order valence-electron chi connectivity index (χ4n) is 1.66. The van der Waals surface area contributed by atoms with Crippen molar-refractivity contribution >= 4 is 11.3 Å². The molecule has 0 radical (unpaired) electrons. The molecule has 1 atom stereocenters. The summed E-state index contributed by atoms with van der Waals surface area (Å²) in [4.78, 5) is 0. The highest BCUT2D eigenvalue weighted by Gasteiger charge is 2.13. The average Bonchev–Trinajstić information content (AvgIpc) is 2.91. The molecule has 92 valence electrons. The summed E-state index contributed by atoms with van der Waals surface area (Å²) in [7, 11) is 0. The van der Waals surface area contributed by atoms with Crippen LogP contribution in [-0.2, 0) is 0 Å². The summed E-state index contributed by atoms with van der Waals surface area (Å²) in [6, 6.07) is 9.54. The van der Waals surface area contributed by atoms with Gasteiger partial charge in [-0.3, -0.25) is 0 Å². The van der Waals surface area contributed by atoms with Crippen LogP contribution < -0.4 is 10.5 Å². The molecule has 3 nitrogen and oxygen atoms in total. The number of rotatable bonds is 4. The van der Waals surface area contributed by atoms with E-state index in [0.29, 0.717) is 12.1 Å². The second kappa shape index (κ2) is 5.67. The highest BCUT2D eigenvalue weighted by molar-refractivity contribution is 7.07. The molecule has 0 bridgehead atoms. The summed E-state index contributed by atoms with van der Waals surface area (Å²) in [5.74, 6) is 0.718. The highest BCUT2D eigenvalue weighted by Crippen LogP contribution is 2.26. The Bertz CT molecular complexity index is 558. The van der Waals surface area contributed by atoms with Crippen molar-refractivity contribution in [3.63, 3.8) is 0 Å². The SMILES string of the molecule is Cc1ccc(C#N)cc1OC(CN)c1ccsc1. The van der Waals surface area contributed by atoms with Crippen LogP contribution in [0.4, 0.5) is 0 Å². The van der Waals surface area contributed by atoms with E-state index in [0.717, 1.165) is 16.9 Å². The van der Waals surface area contributed by atoms with Gasteiger partial charge in [0.25, 0.3) is 0 Å². The third kappa shape index (κ3) is 2.70. The number of hydrogen-bond donors (Lipinski definition) is 1. The summed E-state index contributed by atoms with van der Waals surface area (Å²) >= 11 is 1.62. The van der Waals surface area contributed by atoms with E-state index in [9.17, 15) is 0 Å². The normalized spacial score (nSPS) is 11.8. The van der Waals surface area contributed by atoms with Crippen LogP contribution in [0.15, 0.2) is 35.0 Å². The highest BCUT2D eigenvalue weighted by atomic mass is 32.1. The molecule has 0 amide bonds. The monoisotopic (exact) mass is 258 g/mol. The first-order valence-electron chi connectivity index (χ1n) is 5.64.